The molecule has 0 spiro atoms. The summed E-state index contributed by atoms with van der Waals surface area (Å²) in [7, 11) is 0. The summed E-state index contributed by atoms with van der Waals surface area (Å²) in [6, 6.07) is -0.606. The van der Waals surface area contributed by atoms with Gasteiger partial charge in [0.1, 0.15) is 6.04 Å². The summed E-state index contributed by atoms with van der Waals surface area (Å²) in [5.41, 5.74) is 5.38. The number of likely N-dealkylation sites (tertiary alicyclic amines) is 1. The first-order valence-corrected chi connectivity index (χ1v) is 11.7. The number of amides is 3. The van der Waals surface area contributed by atoms with Gasteiger partial charge in [-0.25, -0.2) is 0 Å². The standard InChI is InChI=1S/C23H42N4O3/c1-6-23(15-20(24)28)7-10-26(11-8-23)22(30)19(14-17(4)5)27-12-9-25-18(21(27)29)13-16(2)3/h16-19,25H,6-15H2,1-5H3,(H2,24,28). The van der Waals surface area contributed by atoms with Crippen molar-refractivity contribution in [1.82, 2.24) is 15.1 Å². The Morgan fingerprint density at radius 3 is 2.27 bits per heavy atom. The fourth-order valence-electron chi connectivity index (χ4n) is 4.97. The molecule has 2 rings (SSSR count). The Morgan fingerprint density at radius 2 is 1.77 bits per heavy atom. The number of hydrogen-bond donors (Lipinski definition) is 2. The number of nitrogens with two attached hydrogens (primary N) is 1. The molecule has 2 aliphatic heterocycles. The highest BCUT2D eigenvalue weighted by molar-refractivity contribution is 5.90. The summed E-state index contributed by atoms with van der Waals surface area (Å²) in [4.78, 5) is 42.0. The van der Waals surface area contributed by atoms with E-state index in [-0.39, 0.29) is 29.2 Å². The Morgan fingerprint density at radius 1 is 1.13 bits per heavy atom. The summed E-state index contributed by atoms with van der Waals surface area (Å²) < 4.78 is 0. The van der Waals surface area contributed by atoms with Crippen LogP contribution in [0.5, 0.6) is 0 Å². The molecule has 172 valence electrons. The van der Waals surface area contributed by atoms with Crippen LogP contribution in [0.3, 0.4) is 0 Å². The van der Waals surface area contributed by atoms with Crippen LogP contribution >= 0.6 is 0 Å². The molecule has 0 radical (unpaired) electrons. The average molecular weight is 423 g/mol. The van der Waals surface area contributed by atoms with Crippen molar-refractivity contribution in [2.24, 2.45) is 23.0 Å². The molecule has 7 heteroatoms. The van der Waals surface area contributed by atoms with Crippen LogP contribution in [-0.4, -0.2) is 65.8 Å². The maximum Gasteiger partial charge on any atom is 0.245 e. The van der Waals surface area contributed by atoms with Gasteiger partial charge in [0, 0.05) is 32.6 Å². The van der Waals surface area contributed by atoms with Crippen molar-refractivity contribution in [2.75, 3.05) is 26.2 Å². The second-order valence-corrected chi connectivity index (χ2v) is 10.1. The van der Waals surface area contributed by atoms with E-state index in [0.29, 0.717) is 44.3 Å². The molecular weight excluding hydrogens is 380 g/mol. The second kappa shape index (κ2) is 10.6. The topological polar surface area (TPSA) is 95.7 Å². The van der Waals surface area contributed by atoms with Crippen LogP contribution in [-0.2, 0) is 14.4 Å². The van der Waals surface area contributed by atoms with Crippen LogP contribution in [0.25, 0.3) is 0 Å². The second-order valence-electron chi connectivity index (χ2n) is 10.1. The molecule has 2 saturated heterocycles. The Kier molecular flexibility index (Phi) is 8.71. The number of piperazine rings is 1. The van der Waals surface area contributed by atoms with Crippen molar-refractivity contribution in [3.8, 4) is 0 Å². The average Bonchev–Trinajstić information content (AvgIpc) is 2.67. The van der Waals surface area contributed by atoms with Gasteiger partial charge in [-0.15, -0.1) is 0 Å². The monoisotopic (exact) mass is 422 g/mol. The molecule has 0 aromatic heterocycles. The number of rotatable bonds is 9. The number of primary amides is 1. The van der Waals surface area contributed by atoms with Crippen LogP contribution in [0.4, 0.5) is 0 Å². The molecule has 2 aliphatic rings. The van der Waals surface area contributed by atoms with Crippen LogP contribution < -0.4 is 11.1 Å². The van der Waals surface area contributed by atoms with Gasteiger partial charge in [-0.1, -0.05) is 34.6 Å². The minimum Gasteiger partial charge on any atom is -0.370 e. The van der Waals surface area contributed by atoms with E-state index in [0.717, 1.165) is 32.2 Å². The van der Waals surface area contributed by atoms with E-state index in [4.69, 9.17) is 5.73 Å². The van der Waals surface area contributed by atoms with E-state index in [1.165, 1.54) is 0 Å². The van der Waals surface area contributed by atoms with Gasteiger partial charge in [0.05, 0.1) is 6.04 Å². The maximum atomic E-state index is 13.5. The summed E-state index contributed by atoms with van der Waals surface area (Å²) in [6.45, 7) is 13.1. The number of hydrogen-bond acceptors (Lipinski definition) is 4. The van der Waals surface area contributed by atoms with Gasteiger partial charge in [0.15, 0.2) is 0 Å². The van der Waals surface area contributed by atoms with Gasteiger partial charge >= 0.3 is 0 Å². The lowest BCUT2D eigenvalue weighted by molar-refractivity contribution is -0.151. The minimum absolute atomic E-state index is 0.0580. The predicted octanol–water partition coefficient (Wildman–Crippen LogP) is 2.14. The normalized spacial score (nSPS) is 23.2. The molecule has 0 saturated carbocycles. The molecule has 2 fully saturated rings. The van der Waals surface area contributed by atoms with Crippen molar-refractivity contribution in [1.29, 1.82) is 0 Å². The van der Waals surface area contributed by atoms with E-state index in [1.54, 1.807) is 0 Å². The molecule has 3 amide bonds. The third kappa shape index (κ3) is 6.19. The fourth-order valence-corrected chi connectivity index (χ4v) is 4.97. The third-order valence-electron chi connectivity index (χ3n) is 6.82. The molecule has 0 aromatic rings. The van der Waals surface area contributed by atoms with E-state index in [9.17, 15) is 14.4 Å². The van der Waals surface area contributed by atoms with Crippen molar-refractivity contribution in [3.05, 3.63) is 0 Å². The van der Waals surface area contributed by atoms with E-state index >= 15 is 0 Å². The summed E-state index contributed by atoms with van der Waals surface area (Å²) in [5.74, 6) is 0.588. The maximum absolute atomic E-state index is 13.5. The van der Waals surface area contributed by atoms with Crippen molar-refractivity contribution >= 4 is 17.7 Å². The molecule has 0 aliphatic carbocycles. The molecule has 0 bridgehead atoms. The van der Waals surface area contributed by atoms with Crippen molar-refractivity contribution < 1.29 is 14.4 Å². The zero-order chi connectivity index (χ0) is 22.5. The van der Waals surface area contributed by atoms with Gasteiger partial charge in [-0.05, 0) is 49.4 Å². The predicted molar refractivity (Wildman–Crippen MR) is 119 cm³/mol. The van der Waals surface area contributed by atoms with Gasteiger partial charge in [-0.3, -0.25) is 14.4 Å². The van der Waals surface area contributed by atoms with E-state index < -0.39 is 6.04 Å². The van der Waals surface area contributed by atoms with Crippen molar-refractivity contribution in [3.63, 3.8) is 0 Å². The lowest BCUT2D eigenvalue weighted by atomic mass is 9.73. The number of carbonyl (C=O) groups is 3. The molecular formula is C23H42N4O3. The van der Waals surface area contributed by atoms with Gasteiger partial charge in [0.25, 0.3) is 0 Å². The molecule has 2 unspecified atom stereocenters. The van der Waals surface area contributed by atoms with Crippen LogP contribution in [0.15, 0.2) is 0 Å². The van der Waals surface area contributed by atoms with Crippen molar-refractivity contribution in [2.45, 2.75) is 85.2 Å². The Balaban J connectivity index is 2.12. The van der Waals surface area contributed by atoms with E-state index in [1.807, 2.05) is 9.80 Å². The summed E-state index contributed by atoms with van der Waals surface area (Å²) in [5, 5.41) is 3.33. The molecule has 3 N–H and O–H groups in total. The zero-order valence-corrected chi connectivity index (χ0v) is 19.6. The first-order valence-electron chi connectivity index (χ1n) is 11.7. The zero-order valence-electron chi connectivity index (χ0n) is 19.6. The smallest absolute Gasteiger partial charge is 0.245 e. The van der Waals surface area contributed by atoms with Gasteiger partial charge in [0.2, 0.25) is 17.7 Å². The molecule has 7 nitrogen and oxygen atoms in total. The van der Waals surface area contributed by atoms with Crippen LogP contribution in [0, 0.1) is 17.3 Å². The van der Waals surface area contributed by atoms with Gasteiger partial charge < -0.3 is 20.9 Å². The number of carbonyl (C=O) groups excluding carboxylic acids is 3. The molecule has 30 heavy (non-hydrogen) atoms. The Hall–Kier alpha value is -1.63. The quantitative estimate of drug-likeness (QED) is 0.595. The summed E-state index contributed by atoms with van der Waals surface area (Å²) in [6.07, 6.45) is 4.31. The molecule has 0 aromatic carbocycles. The Labute approximate surface area is 182 Å². The first kappa shape index (κ1) is 24.6. The van der Waals surface area contributed by atoms with Gasteiger partial charge in [-0.2, -0.15) is 0 Å². The minimum atomic E-state index is -0.403. The van der Waals surface area contributed by atoms with Crippen LogP contribution in [0.1, 0.15) is 73.1 Å². The lowest BCUT2D eigenvalue weighted by Gasteiger charge is -2.44. The highest BCUT2D eigenvalue weighted by Gasteiger charge is 2.41. The van der Waals surface area contributed by atoms with Crippen LogP contribution in [0.2, 0.25) is 0 Å². The number of nitrogens with zero attached hydrogens (tertiary/aromatic N) is 2. The first-order chi connectivity index (χ1) is 14.1. The lowest BCUT2D eigenvalue weighted by Crippen LogP contribution is -2.62. The highest BCUT2D eigenvalue weighted by Crippen LogP contribution is 2.38. The van der Waals surface area contributed by atoms with E-state index in [2.05, 4.69) is 39.9 Å². The Bertz CT molecular complexity index is 612. The fraction of sp³-hybridized carbons (Fsp3) is 0.870. The largest absolute Gasteiger partial charge is 0.370 e. The number of piperidine rings is 1. The third-order valence-corrected chi connectivity index (χ3v) is 6.82. The SMILES string of the molecule is CCC1(CC(N)=O)CCN(C(=O)C(CC(C)C)N2CCNC(CC(C)C)C2=O)CC1. The summed E-state index contributed by atoms with van der Waals surface area (Å²) >= 11 is 0. The molecule has 2 atom stereocenters. The highest BCUT2D eigenvalue weighted by atomic mass is 16.2. The molecule has 2 heterocycles. The number of nitrogens with one attached hydrogen (secondary N) is 1.